The van der Waals surface area contributed by atoms with Gasteiger partial charge in [0, 0.05) is 18.2 Å². The van der Waals surface area contributed by atoms with Crippen LogP contribution in [-0.4, -0.2) is 16.8 Å². The molecule has 0 aliphatic heterocycles. The van der Waals surface area contributed by atoms with Gasteiger partial charge in [-0.25, -0.2) is 8.78 Å². The van der Waals surface area contributed by atoms with Crippen molar-refractivity contribution in [1.29, 1.82) is 0 Å². The van der Waals surface area contributed by atoms with Crippen LogP contribution in [0.15, 0.2) is 60.7 Å². The Labute approximate surface area is 145 Å². The van der Waals surface area contributed by atoms with E-state index in [0.29, 0.717) is 11.1 Å². The third-order valence-corrected chi connectivity index (χ3v) is 4.22. The van der Waals surface area contributed by atoms with E-state index in [4.69, 9.17) is 0 Å². The first kappa shape index (κ1) is 17.1. The predicted octanol–water partition coefficient (Wildman–Crippen LogP) is 5.17. The number of rotatable bonds is 4. The van der Waals surface area contributed by atoms with Gasteiger partial charge in [-0.05, 0) is 54.4 Å². The third kappa shape index (κ3) is 3.68. The molecule has 0 aliphatic rings. The van der Waals surface area contributed by atoms with Gasteiger partial charge >= 0.3 is 0 Å². The highest BCUT2D eigenvalue weighted by Gasteiger charge is 2.20. The maximum absolute atomic E-state index is 13.5. The number of hydrogen-bond acceptors (Lipinski definition) is 1. The molecule has 0 N–H and O–H groups in total. The van der Waals surface area contributed by atoms with E-state index in [0.717, 1.165) is 22.9 Å². The van der Waals surface area contributed by atoms with Crippen molar-refractivity contribution < 1.29 is 13.6 Å². The van der Waals surface area contributed by atoms with Crippen LogP contribution in [0.1, 0.15) is 29.8 Å². The number of amides is 1. The van der Waals surface area contributed by atoms with Gasteiger partial charge in [0.2, 0.25) is 0 Å². The Hall–Kier alpha value is -2.75. The molecule has 2 nitrogen and oxygen atoms in total. The Balaban J connectivity index is 1.90. The molecule has 4 heteroatoms. The van der Waals surface area contributed by atoms with Gasteiger partial charge in [-0.3, -0.25) is 4.79 Å². The van der Waals surface area contributed by atoms with Crippen LogP contribution in [0.3, 0.4) is 0 Å². The summed E-state index contributed by atoms with van der Waals surface area (Å²) in [5, 5.41) is 2.06. The summed E-state index contributed by atoms with van der Waals surface area (Å²) in [6.45, 7) is 4.03. The molecular weight excluding hydrogens is 320 g/mol. The average molecular weight is 339 g/mol. The molecule has 1 amide bonds. The molecule has 0 unspecified atom stereocenters. The minimum absolute atomic E-state index is 0.0768. The summed E-state index contributed by atoms with van der Waals surface area (Å²) in [5.41, 5.74) is 1.14. The summed E-state index contributed by atoms with van der Waals surface area (Å²) < 4.78 is 26.6. The van der Waals surface area contributed by atoms with E-state index in [9.17, 15) is 13.6 Å². The molecule has 0 fully saturated rings. The number of hydrogen-bond donors (Lipinski definition) is 0. The molecule has 0 radical (unpaired) electrons. The van der Waals surface area contributed by atoms with Crippen LogP contribution in [0.2, 0.25) is 0 Å². The lowest BCUT2D eigenvalue weighted by atomic mass is 10.1. The van der Waals surface area contributed by atoms with Crippen molar-refractivity contribution in [2.75, 3.05) is 0 Å². The highest BCUT2D eigenvalue weighted by atomic mass is 19.2. The Kier molecular flexibility index (Phi) is 4.79. The number of fused-ring (bicyclic) bond motifs is 1. The Morgan fingerprint density at radius 2 is 1.64 bits per heavy atom. The highest BCUT2D eigenvalue weighted by Crippen LogP contribution is 2.20. The summed E-state index contributed by atoms with van der Waals surface area (Å²) >= 11 is 0. The molecule has 0 spiro atoms. The van der Waals surface area contributed by atoms with E-state index in [1.165, 1.54) is 6.07 Å². The molecule has 128 valence electrons. The van der Waals surface area contributed by atoms with E-state index in [1.54, 1.807) is 11.0 Å². The van der Waals surface area contributed by atoms with Crippen LogP contribution in [-0.2, 0) is 6.54 Å². The third-order valence-electron chi connectivity index (χ3n) is 4.22. The van der Waals surface area contributed by atoms with Crippen molar-refractivity contribution in [2.45, 2.75) is 26.4 Å². The molecule has 3 rings (SSSR count). The van der Waals surface area contributed by atoms with Gasteiger partial charge in [0.05, 0.1) is 0 Å². The lowest BCUT2D eigenvalue weighted by Crippen LogP contribution is -2.36. The van der Waals surface area contributed by atoms with Gasteiger partial charge in [0.15, 0.2) is 11.6 Å². The summed E-state index contributed by atoms with van der Waals surface area (Å²) in [6.07, 6.45) is 0. The lowest BCUT2D eigenvalue weighted by Gasteiger charge is -2.27. The molecule has 0 atom stereocenters. The molecule has 3 aromatic carbocycles. The van der Waals surface area contributed by atoms with Gasteiger partial charge < -0.3 is 4.90 Å². The first-order chi connectivity index (χ1) is 12.0. The zero-order valence-corrected chi connectivity index (χ0v) is 14.2. The fourth-order valence-electron chi connectivity index (χ4n) is 2.81. The molecule has 0 saturated heterocycles. The molecule has 0 heterocycles. The smallest absolute Gasteiger partial charge is 0.254 e. The van der Waals surface area contributed by atoms with Crippen molar-refractivity contribution >= 4 is 16.7 Å². The van der Waals surface area contributed by atoms with Gasteiger partial charge in [-0.1, -0.05) is 36.4 Å². The van der Waals surface area contributed by atoms with Crippen molar-refractivity contribution in [3.8, 4) is 0 Å². The number of carbonyl (C=O) groups excluding carboxylic acids is 1. The Morgan fingerprint density at radius 3 is 2.32 bits per heavy atom. The van der Waals surface area contributed by atoms with Gasteiger partial charge in [-0.15, -0.1) is 0 Å². The largest absolute Gasteiger partial charge is 0.332 e. The zero-order valence-electron chi connectivity index (χ0n) is 14.2. The van der Waals surface area contributed by atoms with E-state index in [-0.39, 0.29) is 18.5 Å². The monoisotopic (exact) mass is 339 g/mol. The molecule has 25 heavy (non-hydrogen) atoms. The van der Waals surface area contributed by atoms with Crippen LogP contribution in [0.4, 0.5) is 8.78 Å². The number of benzene rings is 3. The van der Waals surface area contributed by atoms with Crippen LogP contribution >= 0.6 is 0 Å². The molecule has 0 saturated carbocycles. The minimum atomic E-state index is -0.903. The summed E-state index contributed by atoms with van der Waals surface area (Å²) in [4.78, 5) is 14.6. The van der Waals surface area contributed by atoms with Crippen LogP contribution < -0.4 is 0 Å². The van der Waals surface area contributed by atoms with Gasteiger partial charge in [0.25, 0.3) is 5.91 Å². The quantitative estimate of drug-likeness (QED) is 0.642. The predicted molar refractivity (Wildman–Crippen MR) is 95.3 cm³/mol. The first-order valence-corrected chi connectivity index (χ1v) is 8.19. The van der Waals surface area contributed by atoms with Gasteiger partial charge in [0.1, 0.15) is 0 Å². The average Bonchev–Trinajstić information content (AvgIpc) is 2.61. The SMILES string of the molecule is CC(C)N(Cc1ccc(F)c(F)c1)C(=O)c1ccc2ccccc2c1. The molecule has 0 bridgehead atoms. The summed E-state index contributed by atoms with van der Waals surface area (Å²) in [6, 6.07) is 17.1. The van der Waals surface area contributed by atoms with Crippen molar-refractivity contribution in [3.63, 3.8) is 0 Å². The second-order valence-electron chi connectivity index (χ2n) is 6.34. The lowest BCUT2D eigenvalue weighted by molar-refractivity contribution is 0.0690. The second kappa shape index (κ2) is 7.01. The standard InChI is InChI=1S/C21H19F2NO/c1-14(2)24(13-15-7-10-19(22)20(23)11-15)21(25)18-9-8-16-5-3-4-6-17(16)12-18/h3-12,14H,13H2,1-2H3. The normalized spacial score (nSPS) is 11.1. The Morgan fingerprint density at radius 1 is 0.920 bits per heavy atom. The number of nitrogens with zero attached hydrogens (tertiary/aromatic N) is 1. The topological polar surface area (TPSA) is 20.3 Å². The zero-order chi connectivity index (χ0) is 18.0. The van der Waals surface area contributed by atoms with E-state index < -0.39 is 11.6 Å². The first-order valence-electron chi connectivity index (χ1n) is 8.19. The maximum Gasteiger partial charge on any atom is 0.254 e. The molecule has 3 aromatic rings. The van der Waals surface area contributed by atoms with Crippen LogP contribution in [0, 0.1) is 11.6 Å². The van der Waals surface area contributed by atoms with Crippen molar-refractivity contribution in [1.82, 2.24) is 4.90 Å². The fourth-order valence-corrected chi connectivity index (χ4v) is 2.81. The molecule has 0 aliphatic carbocycles. The van der Waals surface area contributed by atoms with Crippen LogP contribution in [0.5, 0.6) is 0 Å². The van der Waals surface area contributed by atoms with E-state index >= 15 is 0 Å². The van der Waals surface area contributed by atoms with Gasteiger partial charge in [-0.2, -0.15) is 0 Å². The summed E-state index contributed by atoms with van der Waals surface area (Å²) in [5.74, 6) is -1.93. The Bertz CT molecular complexity index is 921. The number of halogens is 2. The van der Waals surface area contributed by atoms with Crippen LogP contribution in [0.25, 0.3) is 10.8 Å². The molecular formula is C21H19F2NO. The maximum atomic E-state index is 13.5. The van der Waals surface area contributed by atoms with E-state index in [2.05, 4.69) is 0 Å². The highest BCUT2D eigenvalue weighted by molar-refractivity contribution is 5.98. The summed E-state index contributed by atoms with van der Waals surface area (Å²) in [7, 11) is 0. The van der Waals surface area contributed by atoms with Crippen molar-refractivity contribution in [3.05, 3.63) is 83.4 Å². The minimum Gasteiger partial charge on any atom is -0.332 e. The molecule has 0 aromatic heterocycles. The van der Waals surface area contributed by atoms with Crippen molar-refractivity contribution in [2.24, 2.45) is 0 Å². The van der Waals surface area contributed by atoms with E-state index in [1.807, 2.05) is 50.2 Å². The second-order valence-corrected chi connectivity index (χ2v) is 6.34. The number of carbonyl (C=O) groups is 1. The fraction of sp³-hybridized carbons (Fsp3) is 0.190.